The topological polar surface area (TPSA) is 76.1 Å². The normalized spacial score (nSPS) is 17.4. The molecule has 0 amide bonds. The molecule has 146 valence electrons. The lowest BCUT2D eigenvalue weighted by Crippen LogP contribution is -2.37. The van der Waals surface area contributed by atoms with Gasteiger partial charge in [0, 0.05) is 35.8 Å². The van der Waals surface area contributed by atoms with Crippen molar-refractivity contribution < 1.29 is 23.0 Å². The fourth-order valence-corrected chi connectivity index (χ4v) is 4.74. The van der Waals surface area contributed by atoms with Crippen molar-refractivity contribution in [2.24, 2.45) is 0 Å². The number of β-amino-alcohol motifs (C(OH)–C–C–N with tert-alkyl or cyclic N) is 1. The van der Waals surface area contributed by atoms with Crippen LogP contribution in [0.15, 0.2) is 41.3 Å². The number of sulfone groups is 1. The monoisotopic (exact) mass is 411 g/mol. The zero-order valence-electron chi connectivity index (χ0n) is 15.2. The first-order chi connectivity index (χ1) is 12.9. The molecule has 0 radical (unpaired) electrons. The van der Waals surface area contributed by atoms with E-state index in [1.165, 1.54) is 12.1 Å². The van der Waals surface area contributed by atoms with Crippen LogP contribution in [0.2, 0.25) is 5.02 Å². The predicted molar refractivity (Wildman–Crippen MR) is 103 cm³/mol. The van der Waals surface area contributed by atoms with Gasteiger partial charge < -0.3 is 14.6 Å². The Balaban J connectivity index is 1.78. The molecule has 0 spiro atoms. The van der Waals surface area contributed by atoms with Gasteiger partial charge in [0.25, 0.3) is 0 Å². The zero-order valence-corrected chi connectivity index (χ0v) is 16.8. The van der Waals surface area contributed by atoms with Gasteiger partial charge in [-0.15, -0.1) is 0 Å². The fourth-order valence-electron chi connectivity index (χ4n) is 3.32. The molecule has 27 heavy (non-hydrogen) atoms. The van der Waals surface area contributed by atoms with Gasteiger partial charge in [-0.1, -0.05) is 11.6 Å². The molecule has 1 aliphatic rings. The fraction of sp³-hybridized carbons (Fsp3) is 0.368. The van der Waals surface area contributed by atoms with E-state index in [1.54, 1.807) is 38.5 Å². The van der Waals surface area contributed by atoms with Gasteiger partial charge in [-0.05, 0) is 36.4 Å². The average Bonchev–Trinajstić information content (AvgIpc) is 2.66. The Hall–Kier alpha value is -1.80. The van der Waals surface area contributed by atoms with Crippen LogP contribution in [0.3, 0.4) is 0 Å². The van der Waals surface area contributed by atoms with E-state index < -0.39 is 15.9 Å². The van der Waals surface area contributed by atoms with Crippen LogP contribution in [0.1, 0.15) is 17.2 Å². The summed E-state index contributed by atoms with van der Waals surface area (Å²) >= 11 is 5.82. The molecule has 0 aliphatic carbocycles. The number of fused-ring (bicyclic) bond motifs is 1. The molecule has 1 unspecified atom stereocenters. The number of ether oxygens (including phenoxy) is 2. The maximum Gasteiger partial charge on any atom is 0.179 e. The summed E-state index contributed by atoms with van der Waals surface area (Å²) in [5.41, 5.74) is 1.52. The number of methoxy groups -OCH3 is 2. The van der Waals surface area contributed by atoms with Gasteiger partial charge in [-0.2, -0.15) is 0 Å². The first-order valence-electron chi connectivity index (χ1n) is 8.48. The second kappa shape index (κ2) is 8.06. The lowest BCUT2D eigenvalue weighted by molar-refractivity contribution is 0.0920. The highest BCUT2D eigenvalue weighted by Crippen LogP contribution is 2.39. The Labute approximate surface area is 164 Å². The van der Waals surface area contributed by atoms with Crippen LogP contribution < -0.4 is 9.47 Å². The zero-order chi connectivity index (χ0) is 19.6. The van der Waals surface area contributed by atoms with Crippen molar-refractivity contribution in [3.05, 3.63) is 52.5 Å². The lowest BCUT2D eigenvalue weighted by atomic mass is 9.95. The van der Waals surface area contributed by atoms with Crippen molar-refractivity contribution in [3.8, 4) is 11.5 Å². The molecule has 2 aromatic rings. The van der Waals surface area contributed by atoms with Crippen molar-refractivity contribution in [2.45, 2.75) is 17.5 Å². The standard InChI is InChI=1S/C19H22ClNO5S/c1-25-17-7-8-18(26-2)19-15(17)11-21(12-16(19)22)9-10-27(23,24)14-5-3-13(20)4-6-14/h3-8,16,22H,9-12H2,1-2H3. The maximum atomic E-state index is 12.6. The molecule has 0 aromatic heterocycles. The first-order valence-corrected chi connectivity index (χ1v) is 10.5. The van der Waals surface area contributed by atoms with E-state index in [0.29, 0.717) is 41.7 Å². The van der Waals surface area contributed by atoms with Crippen molar-refractivity contribution in [2.75, 3.05) is 33.1 Å². The number of hydrogen-bond acceptors (Lipinski definition) is 6. The third-order valence-corrected chi connectivity index (χ3v) is 6.67. The number of hydrogen-bond donors (Lipinski definition) is 1. The van der Waals surface area contributed by atoms with Crippen molar-refractivity contribution in [1.29, 1.82) is 0 Å². The lowest BCUT2D eigenvalue weighted by Gasteiger charge is -2.33. The number of nitrogens with zero attached hydrogens (tertiary/aromatic N) is 1. The second-order valence-electron chi connectivity index (χ2n) is 6.39. The SMILES string of the molecule is COc1ccc(OC)c2c1CN(CCS(=O)(=O)c1ccc(Cl)cc1)CC2O. The summed E-state index contributed by atoms with van der Waals surface area (Å²) in [5, 5.41) is 11.1. The Morgan fingerprint density at radius 2 is 1.74 bits per heavy atom. The van der Waals surface area contributed by atoms with Gasteiger partial charge in [0.1, 0.15) is 11.5 Å². The second-order valence-corrected chi connectivity index (χ2v) is 8.93. The molecule has 8 heteroatoms. The number of aliphatic hydroxyl groups is 1. The summed E-state index contributed by atoms with van der Waals surface area (Å²) < 4.78 is 35.9. The van der Waals surface area contributed by atoms with Gasteiger partial charge >= 0.3 is 0 Å². The Bertz CT molecular complexity index is 914. The van der Waals surface area contributed by atoms with E-state index in [9.17, 15) is 13.5 Å². The third-order valence-electron chi connectivity index (χ3n) is 4.71. The molecule has 1 aliphatic heterocycles. The van der Waals surface area contributed by atoms with Crippen LogP contribution in [0, 0.1) is 0 Å². The molecule has 3 rings (SSSR count). The Kier molecular flexibility index (Phi) is 5.95. The third kappa shape index (κ3) is 4.21. The molecular weight excluding hydrogens is 390 g/mol. The Morgan fingerprint density at radius 3 is 2.37 bits per heavy atom. The van der Waals surface area contributed by atoms with Crippen LogP contribution >= 0.6 is 11.6 Å². The summed E-state index contributed by atoms with van der Waals surface area (Å²) in [6.07, 6.45) is -0.781. The van der Waals surface area contributed by atoms with Crippen LogP contribution in [0.25, 0.3) is 0 Å². The van der Waals surface area contributed by atoms with Gasteiger partial charge in [-0.25, -0.2) is 8.42 Å². The number of aliphatic hydroxyl groups excluding tert-OH is 1. The van der Waals surface area contributed by atoms with E-state index in [4.69, 9.17) is 21.1 Å². The van der Waals surface area contributed by atoms with E-state index in [1.807, 2.05) is 4.90 Å². The van der Waals surface area contributed by atoms with Crippen LogP contribution in [0.4, 0.5) is 0 Å². The molecule has 2 aromatic carbocycles. The number of halogens is 1. The molecule has 6 nitrogen and oxygen atoms in total. The average molecular weight is 412 g/mol. The molecular formula is C19H22ClNO5S. The van der Waals surface area contributed by atoms with E-state index in [-0.39, 0.29) is 10.6 Å². The van der Waals surface area contributed by atoms with E-state index >= 15 is 0 Å². The van der Waals surface area contributed by atoms with Gasteiger partial charge in [0.15, 0.2) is 9.84 Å². The highest BCUT2D eigenvalue weighted by Gasteiger charge is 2.30. The predicted octanol–water partition coefficient (Wildman–Crippen LogP) is 2.68. The van der Waals surface area contributed by atoms with Crippen molar-refractivity contribution >= 4 is 21.4 Å². The summed E-state index contributed by atoms with van der Waals surface area (Å²) in [6.45, 7) is 1.09. The van der Waals surface area contributed by atoms with Gasteiger partial charge in [-0.3, -0.25) is 4.90 Å². The smallest absolute Gasteiger partial charge is 0.179 e. The molecule has 0 saturated heterocycles. The van der Waals surface area contributed by atoms with Crippen LogP contribution in [0.5, 0.6) is 11.5 Å². The van der Waals surface area contributed by atoms with Gasteiger partial charge in [0.05, 0.1) is 31.0 Å². The van der Waals surface area contributed by atoms with Crippen molar-refractivity contribution in [1.82, 2.24) is 4.90 Å². The Morgan fingerprint density at radius 1 is 1.11 bits per heavy atom. The quantitative estimate of drug-likeness (QED) is 0.787. The molecule has 1 heterocycles. The molecule has 0 bridgehead atoms. The minimum Gasteiger partial charge on any atom is -0.496 e. The highest BCUT2D eigenvalue weighted by atomic mass is 35.5. The molecule has 1 atom stereocenters. The molecule has 1 N–H and O–H groups in total. The molecule has 0 saturated carbocycles. The largest absolute Gasteiger partial charge is 0.496 e. The summed E-state index contributed by atoms with van der Waals surface area (Å²) in [5.74, 6) is 1.20. The highest BCUT2D eigenvalue weighted by molar-refractivity contribution is 7.91. The van der Waals surface area contributed by atoms with Crippen LogP contribution in [-0.4, -0.2) is 51.5 Å². The van der Waals surface area contributed by atoms with Crippen LogP contribution in [-0.2, 0) is 16.4 Å². The van der Waals surface area contributed by atoms with Gasteiger partial charge in [0.2, 0.25) is 0 Å². The van der Waals surface area contributed by atoms with Crippen molar-refractivity contribution in [3.63, 3.8) is 0 Å². The van der Waals surface area contributed by atoms with E-state index in [2.05, 4.69) is 0 Å². The summed E-state index contributed by atoms with van der Waals surface area (Å²) in [6, 6.07) is 9.69. The maximum absolute atomic E-state index is 12.6. The first kappa shape index (κ1) is 19.9. The minimum atomic E-state index is -3.44. The number of benzene rings is 2. The van der Waals surface area contributed by atoms with E-state index in [0.717, 1.165) is 5.56 Å². The minimum absolute atomic E-state index is 0.0526. The summed E-state index contributed by atoms with van der Waals surface area (Å²) in [4.78, 5) is 2.15. The molecule has 0 fully saturated rings. The summed E-state index contributed by atoms with van der Waals surface area (Å²) in [7, 11) is -0.314. The number of rotatable bonds is 6.